The zero-order valence-electron chi connectivity index (χ0n) is 14.3. The summed E-state index contributed by atoms with van der Waals surface area (Å²) in [6.45, 7) is 4.16. The number of hydrogen-bond donors (Lipinski definition) is 1. The lowest BCUT2D eigenvalue weighted by molar-refractivity contribution is -0.126. The maximum atomic E-state index is 13.7. The van der Waals surface area contributed by atoms with Gasteiger partial charge in [0.05, 0.1) is 4.91 Å². The summed E-state index contributed by atoms with van der Waals surface area (Å²) in [5.74, 6) is -1.10. The van der Waals surface area contributed by atoms with Crippen LogP contribution in [0.3, 0.4) is 0 Å². The number of nitrogens with one attached hydrogen (secondary N) is 1. The number of halogens is 1. The average molecular weight is 364 g/mol. The molecule has 1 aliphatic heterocycles. The van der Waals surface area contributed by atoms with Gasteiger partial charge >= 0.3 is 0 Å². The van der Waals surface area contributed by atoms with Crippen LogP contribution in [0.2, 0.25) is 0 Å². The van der Waals surface area contributed by atoms with E-state index in [1.807, 2.05) is 13.8 Å². The summed E-state index contributed by atoms with van der Waals surface area (Å²) in [5, 5.41) is 2.32. The third kappa shape index (κ3) is 4.92. The molecule has 0 radical (unpaired) electrons. The molecule has 1 aliphatic rings. The first-order chi connectivity index (χ1) is 11.9. The molecule has 0 aliphatic carbocycles. The molecule has 1 N–H and O–H groups in total. The van der Waals surface area contributed by atoms with Gasteiger partial charge in [0.15, 0.2) is 0 Å². The number of carbonyl (C=O) groups is 3. The van der Waals surface area contributed by atoms with Crippen LogP contribution in [0.1, 0.15) is 32.3 Å². The van der Waals surface area contributed by atoms with E-state index >= 15 is 0 Å². The predicted octanol–water partition coefficient (Wildman–Crippen LogP) is 3.41. The number of thioether (sulfide) groups is 1. The highest BCUT2D eigenvalue weighted by Crippen LogP contribution is 2.32. The fourth-order valence-corrected chi connectivity index (χ4v) is 3.31. The molecular weight excluding hydrogens is 343 g/mol. The SMILES string of the molecule is CCCC(C)C(=O)NCCN1C(=O)S/C(=C\c2ccccc2F)C1=O. The molecule has 2 rings (SSSR count). The summed E-state index contributed by atoms with van der Waals surface area (Å²) in [6, 6.07) is 6.05. The van der Waals surface area contributed by atoms with E-state index in [1.165, 1.54) is 12.1 Å². The zero-order chi connectivity index (χ0) is 18.4. The number of nitrogens with zero attached hydrogens (tertiary/aromatic N) is 1. The van der Waals surface area contributed by atoms with E-state index in [2.05, 4.69) is 5.32 Å². The summed E-state index contributed by atoms with van der Waals surface area (Å²) in [6.07, 6.45) is 3.08. The second-order valence-corrected chi connectivity index (χ2v) is 6.83. The lowest BCUT2D eigenvalue weighted by Crippen LogP contribution is -2.38. The minimum absolute atomic E-state index is 0.0873. The van der Waals surface area contributed by atoms with Crippen molar-refractivity contribution < 1.29 is 18.8 Å². The summed E-state index contributed by atoms with van der Waals surface area (Å²) in [7, 11) is 0. The molecule has 0 bridgehead atoms. The van der Waals surface area contributed by atoms with Crippen LogP contribution in [0.15, 0.2) is 29.2 Å². The molecule has 134 valence electrons. The first kappa shape index (κ1) is 19.2. The molecule has 3 amide bonds. The van der Waals surface area contributed by atoms with Crippen molar-refractivity contribution in [1.82, 2.24) is 10.2 Å². The van der Waals surface area contributed by atoms with Gasteiger partial charge in [-0.1, -0.05) is 38.5 Å². The average Bonchev–Trinajstić information content (AvgIpc) is 2.84. The molecule has 1 heterocycles. The van der Waals surface area contributed by atoms with Crippen LogP contribution in [0.5, 0.6) is 0 Å². The minimum Gasteiger partial charge on any atom is -0.354 e. The Labute approximate surface area is 150 Å². The number of carbonyl (C=O) groups excluding carboxylic acids is 3. The first-order valence-electron chi connectivity index (χ1n) is 8.21. The normalized spacial score (nSPS) is 17.2. The quantitative estimate of drug-likeness (QED) is 0.753. The molecule has 1 aromatic carbocycles. The number of hydrogen-bond acceptors (Lipinski definition) is 4. The third-order valence-corrected chi connectivity index (χ3v) is 4.78. The largest absolute Gasteiger partial charge is 0.354 e. The van der Waals surface area contributed by atoms with Crippen LogP contribution < -0.4 is 5.32 Å². The van der Waals surface area contributed by atoms with Crippen LogP contribution in [0.25, 0.3) is 6.08 Å². The van der Waals surface area contributed by atoms with Crippen molar-refractivity contribution >= 4 is 34.9 Å². The molecule has 1 unspecified atom stereocenters. The van der Waals surface area contributed by atoms with E-state index in [0.29, 0.717) is 0 Å². The van der Waals surface area contributed by atoms with Crippen molar-refractivity contribution in [2.24, 2.45) is 5.92 Å². The van der Waals surface area contributed by atoms with E-state index in [9.17, 15) is 18.8 Å². The third-order valence-electron chi connectivity index (χ3n) is 3.87. The van der Waals surface area contributed by atoms with Crippen LogP contribution in [-0.2, 0) is 9.59 Å². The van der Waals surface area contributed by atoms with Crippen LogP contribution >= 0.6 is 11.8 Å². The highest BCUT2D eigenvalue weighted by atomic mass is 32.2. The van der Waals surface area contributed by atoms with E-state index in [0.717, 1.165) is 29.5 Å². The number of imide groups is 1. The van der Waals surface area contributed by atoms with Crippen molar-refractivity contribution in [3.05, 3.63) is 40.6 Å². The Balaban J connectivity index is 1.95. The molecule has 0 saturated carbocycles. The Hall–Kier alpha value is -2.15. The maximum Gasteiger partial charge on any atom is 0.293 e. The molecule has 0 aromatic heterocycles. The van der Waals surface area contributed by atoms with Crippen LogP contribution in [-0.4, -0.2) is 35.0 Å². The molecule has 25 heavy (non-hydrogen) atoms. The number of benzene rings is 1. The highest BCUT2D eigenvalue weighted by molar-refractivity contribution is 8.18. The van der Waals surface area contributed by atoms with E-state index < -0.39 is 17.0 Å². The Bertz CT molecular complexity index is 705. The number of amides is 3. The van der Waals surface area contributed by atoms with Crippen molar-refractivity contribution in [2.75, 3.05) is 13.1 Å². The van der Waals surface area contributed by atoms with Crippen molar-refractivity contribution in [2.45, 2.75) is 26.7 Å². The van der Waals surface area contributed by atoms with Gasteiger partial charge in [-0.05, 0) is 30.3 Å². The van der Waals surface area contributed by atoms with Crippen LogP contribution in [0, 0.1) is 11.7 Å². The lowest BCUT2D eigenvalue weighted by atomic mass is 10.1. The van der Waals surface area contributed by atoms with Crippen molar-refractivity contribution in [1.29, 1.82) is 0 Å². The first-order valence-corrected chi connectivity index (χ1v) is 9.03. The van der Waals surface area contributed by atoms with E-state index in [1.54, 1.807) is 18.2 Å². The molecule has 1 saturated heterocycles. The monoisotopic (exact) mass is 364 g/mol. The highest BCUT2D eigenvalue weighted by Gasteiger charge is 2.34. The molecular formula is C18H21FN2O3S. The van der Waals surface area contributed by atoms with Gasteiger partial charge in [-0.2, -0.15) is 0 Å². The van der Waals surface area contributed by atoms with Crippen molar-refractivity contribution in [3.63, 3.8) is 0 Å². The fraction of sp³-hybridized carbons (Fsp3) is 0.389. The molecule has 0 spiro atoms. The van der Waals surface area contributed by atoms with Gasteiger partial charge in [0.2, 0.25) is 5.91 Å². The second-order valence-electron chi connectivity index (χ2n) is 5.84. The summed E-state index contributed by atoms with van der Waals surface area (Å²) in [5.41, 5.74) is 0.259. The van der Waals surface area contributed by atoms with Crippen LogP contribution in [0.4, 0.5) is 9.18 Å². The molecule has 1 atom stereocenters. The van der Waals surface area contributed by atoms with Crippen molar-refractivity contribution in [3.8, 4) is 0 Å². The number of rotatable bonds is 7. The molecule has 1 aromatic rings. The van der Waals surface area contributed by atoms with E-state index in [-0.39, 0.29) is 35.4 Å². The molecule has 1 fully saturated rings. The van der Waals surface area contributed by atoms with Gasteiger partial charge in [-0.15, -0.1) is 0 Å². The molecule has 7 heteroatoms. The summed E-state index contributed by atoms with van der Waals surface area (Å²) < 4.78 is 13.7. The van der Waals surface area contributed by atoms with Gasteiger partial charge in [0, 0.05) is 24.6 Å². The van der Waals surface area contributed by atoms with Gasteiger partial charge in [0.1, 0.15) is 5.82 Å². The van der Waals surface area contributed by atoms with Gasteiger partial charge in [-0.3, -0.25) is 19.3 Å². The zero-order valence-corrected chi connectivity index (χ0v) is 15.1. The Morgan fingerprint density at radius 3 is 2.76 bits per heavy atom. The molecule has 5 nitrogen and oxygen atoms in total. The smallest absolute Gasteiger partial charge is 0.293 e. The fourth-order valence-electron chi connectivity index (χ4n) is 2.46. The second kappa shape index (κ2) is 8.80. The Kier molecular flexibility index (Phi) is 6.75. The van der Waals surface area contributed by atoms with Gasteiger partial charge in [-0.25, -0.2) is 4.39 Å². The van der Waals surface area contributed by atoms with Gasteiger partial charge < -0.3 is 5.32 Å². The minimum atomic E-state index is -0.464. The summed E-state index contributed by atoms with van der Waals surface area (Å²) >= 11 is 0.778. The Morgan fingerprint density at radius 1 is 1.36 bits per heavy atom. The standard InChI is InChI=1S/C18H21FN2O3S/c1-3-6-12(2)16(22)20-9-10-21-17(23)15(25-18(21)24)11-13-7-4-5-8-14(13)19/h4-5,7-8,11-12H,3,6,9-10H2,1-2H3,(H,20,22)/b15-11-. The lowest BCUT2D eigenvalue weighted by Gasteiger charge is -2.15. The maximum absolute atomic E-state index is 13.7. The topological polar surface area (TPSA) is 66.5 Å². The van der Waals surface area contributed by atoms with Gasteiger partial charge in [0.25, 0.3) is 11.1 Å². The van der Waals surface area contributed by atoms with E-state index in [4.69, 9.17) is 0 Å². The summed E-state index contributed by atoms with van der Waals surface area (Å²) in [4.78, 5) is 37.4. The predicted molar refractivity (Wildman–Crippen MR) is 96.2 cm³/mol. The Morgan fingerprint density at radius 2 is 2.08 bits per heavy atom.